The third kappa shape index (κ3) is 4.05. The monoisotopic (exact) mass is 291 g/mol. The number of carbonyl (C=O) groups is 1. The summed E-state index contributed by atoms with van der Waals surface area (Å²) in [6.07, 6.45) is 0.204. The lowest BCUT2D eigenvalue weighted by atomic mass is 10.0. The van der Waals surface area contributed by atoms with Crippen molar-refractivity contribution >= 4 is 5.78 Å². The van der Waals surface area contributed by atoms with Gasteiger partial charge in [0.15, 0.2) is 5.78 Å². The van der Waals surface area contributed by atoms with Gasteiger partial charge in [-0.15, -0.1) is 0 Å². The summed E-state index contributed by atoms with van der Waals surface area (Å²) >= 11 is 0. The highest BCUT2D eigenvalue weighted by molar-refractivity contribution is 5.94. The summed E-state index contributed by atoms with van der Waals surface area (Å²) < 4.78 is 11.4. The van der Waals surface area contributed by atoms with Gasteiger partial charge in [0, 0.05) is 30.8 Å². The highest BCUT2D eigenvalue weighted by Gasteiger charge is 2.31. The molecule has 4 heteroatoms. The molecule has 0 spiro atoms. The van der Waals surface area contributed by atoms with Crippen LogP contribution in [0.4, 0.5) is 0 Å². The third-order valence-corrected chi connectivity index (χ3v) is 3.72. The molecule has 0 radical (unpaired) electrons. The largest absolute Gasteiger partial charge is 0.496 e. The summed E-state index contributed by atoms with van der Waals surface area (Å²) in [6, 6.07) is 5.63. The van der Waals surface area contributed by atoms with Crippen molar-refractivity contribution in [1.29, 1.82) is 0 Å². The van der Waals surface area contributed by atoms with Gasteiger partial charge in [-0.05, 0) is 45.9 Å². The average molecular weight is 291 g/mol. The zero-order valence-corrected chi connectivity index (χ0v) is 13.6. The Morgan fingerprint density at radius 3 is 2.76 bits per heavy atom. The number of rotatable bonds is 4. The summed E-state index contributed by atoms with van der Waals surface area (Å²) in [5, 5.41) is 0. The Labute approximate surface area is 127 Å². The molecule has 0 saturated carbocycles. The van der Waals surface area contributed by atoms with E-state index in [1.165, 1.54) is 0 Å². The molecule has 1 aliphatic heterocycles. The second kappa shape index (κ2) is 6.16. The maximum Gasteiger partial charge on any atom is 0.159 e. The van der Waals surface area contributed by atoms with Crippen LogP contribution in [0.15, 0.2) is 18.2 Å². The molecule has 1 unspecified atom stereocenters. The molecule has 1 aromatic rings. The molecule has 0 aromatic heterocycles. The first-order valence-corrected chi connectivity index (χ1v) is 7.39. The van der Waals surface area contributed by atoms with Crippen LogP contribution in [-0.4, -0.2) is 42.6 Å². The SMILES string of the molecule is COc1ccc(C(C)=O)cc1CN1CC(C)OC(C)(C)C1. The van der Waals surface area contributed by atoms with Crippen molar-refractivity contribution < 1.29 is 14.3 Å². The van der Waals surface area contributed by atoms with E-state index in [9.17, 15) is 4.79 Å². The standard InChI is InChI=1S/C17H25NO3/c1-12-9-18(11-17(3,4)21-12)10-15-8-14(13(2)19)6-7-16(15)20-5/h6-8,12H,9-11H2,1-5H3. The Bertz CT molecular complexity index is 525. The third-order valence-electron chi connectivity index (χ3n) is 3.72. The molecule has 1 heterocycles. The van der Waals surface area contributed by atoms with Crippen LogP contribution in [0.25, 0.3) is 0 Å². The van der Waals surface area contributed by atoms with E-state index in [4.69, 9.17) is 9.47 Å². The van der Waals surface area contributed by atoms with Gasteiger partial charge in [-0.1, -0.05) is 0 Å². The maximum atomic E-state index is 11.6. The molecule has 0 aliphatic carbocycles. The number of hydrogen-bond acceptors (Lipinski definition) is 4. The van der Waals surface area contributed by atoms with Crippen LogP contribution in [0.5, 0.6) is 5.75 Å². The van der Waals surface area contributed by atoms with Crippen LogP contribution in [0, 0.1) is 0 Å². The van der Waals surface area contributed by atoms with Crippen molar-refractivity contribution in [2.24, 2.45) is 0 Å². The van der Waals surface area contributed by atoms with Crippen LogP contribution in [0.2, 0.25) is 0 Å². The van der Waals surface area contributed by atoms with E-state index in [2.05, 4.69) is 25.7 Å². The fraction of sp³-hybridized carbons (Fsp3) is 0.588. The molecule has 0 bridgehead atoms. The van der Waals surface area contributed by atoms with Gasteiger partial charge in [0.2, 0.25) is 0 Å². The van der Waals surface area contributed by atoms with Gasteiger partial charge >= 0.3 is 0 Å². The molecule has 1 aromatic carbocycles. The lowest BCUT2D eigenvalue weighted by Gasteiger charge is -2.41. The summed E-state index contributed by atoms with van der Waals surface area (Å²) in [7, 11) is 1.66. The van der Waals surface area contributed by atoms with E-state index in [1.807, 2.05) is 18.2 Å². The minimum Gasteiger partial charge on any atom is -0.496 e. The predicted molar refractivity (Wildman–Crippen MR) is 82.9 cm³/mol. The first kappa shape index (κ1) is 16.0. The molecule has 0 N–H and O–H groups in total. The van der Waals surface area contributed by atoms with Gasteiger partial charge in [0.25, 0.3) is 0 Å². The maximum absolute atomic E-state index is 11.6. The number of morpholine rings is 1. The van der Waals surface area contributed by atoms with Crippen LogP contribution in [-0.2, 0) is 11.3 Å². The second-order valence-corrected chi connectivity index (χ2v) is 6.44. The molecular weight excluding hydrogens is 266 g/mol. The van der Waals surface area contributed by atoms with E-state index < -0.39 is 0 Å². The minimum absolute atomic E-state index is 0.0783. The zero-order valence-electron chi connectivity index (χ0n) is 13.6. The Hall–Kier alpha value is -1.39. The van der Waals surface area contributed by atoms with Gasteiger partial charge in [-0.2, -0.15) is 0 Å². The predicted octanol–water partition coefficient (Wildman–Crippen LogP) is 2.90. The van der Waals surface area contributed by atoms with Gasteiger partial charge in [0.05, 0.1) is 18.8 Å². The quantitative estimate of drug-likeness (QED) is 0.800. The van der Waals surface area contributed by atoms with Crippen LogP contribution in [0.1, 0.15) is 43.6 Å². The first-order chi connectivity index (χ1) is 9.80. The number of benzene rings is 1. The number of ketones is 1. The number of Topliss-reactive ketones (excluding diaryl/α,β-unsaturated/α-hetero) is 1. The lowest BCUT2D eigenvalue weighted by Crippen LogP contribution is -2.51. The van der Waals surface area contributed by atoms with Crippen molar-refractivity contribution in [1.82, 2.24) is 4.90 Å². The Kier molecular flexibility index (Phi) is 4.69. The highest BCUT2D eigenvalue weighted by atomic mass is 16.5. The number of carbonyl (C=O) groups excluding carboxylic acids is 1. The van der Waals surface area contributed by atoms with Gasteiger partial charge in [0.1, 0.15) is 5.75 Å². The van der Waals surface area contributed by atoms with Crippen molar-refractivity contribution in [3.63, 3.8) is 0 Å². The molecule has 4 nitrogen and oxygen atoms in total. The minimum atomic E-state index is -0.150. The molecule has 21 heavy (non-hydrogen) atoms. The van der Waals surface area contributed by atoms with Crippen LogP contribution in [0.3, 0.4) is 0 Å². The topological polar surface area (TPSA) is 38.8 Å². The lowest BCUT2D eigenvalue weighted by molar-refractivity contribution is -0.130. The molecular formula is C17H25NO3. The normalized spacial score (nSPS) is 22.0. The van der Waals surface area contributed by atoms with Crippen LogP contribution < -0.4 is 4.74 Å². The number of methoxy groups -OCH3 is 1. The Morgan fingerprint density at radius 1 is 1.48 bits per heavy atom. The molecule has 2 rings (SSSR count). The van der Waals surface area contributed by atoms with Crippen molar-refractivity contribution in [2.75, 3.05) is 20.2 Å². The molecule has 116 valence electrons. The van der Waals surface area contributed by atoms with Crippen molar-refractivity contribution in [3.8, 4) is 5.75 Å². The van der Waals surface area contributed by atoms with E-state index in [-0.39, 0.29) is 17.5 Å². The molecule has 1 atom stereocenters. The van der Waals surface area contributed by atoms with Gasteiger partial charge in [-0.3, -0.25) is 9.69 Å². The first-order valence-electron chi connectivity index (χ1n) is 7.39. The Balaban J connectivity index is 2.21. The fourth-order valence-corrected chi connectivity index (χ4v) is 3.07. The van der Waals surface area contributed by atoms with Crippen molar-refractivity contribution in [3.05, 3.63) is 29.3 Å². The van der Waals surface area contributed by atoms with E-state index >= 15 is 0 Å². The summed E-state index contributed by atoms with van der Waals surface area (Å²) in [5.41, 5.74) is 1.63. The second-order valence-electron chi connectivity index (χ2n) is 6.44. The summed E-state index contributed by atoms with van der Waals surface area (Å²) in [5.74, 6) is 0.909. The summed E-state index contributed by atoms with van der Waals surface area (Å²) in [6.45, 7) is 10.4. The van der Waals surface area contributed by atoms with Gasteiger partial charge in [-0.25, -0.2) is 0 Å². The van der Waals surface area contributed by atoms with Gasteiger partial charge < -0.3 is 9.47 Å². The van der Waals surface area contributed by atoms with Crippen molar-refractivity contribution in [2.45, 2.75) is 45.9 Å². The molecule has 1 aliphatic rings. The van der Waals surface area contributed by atoms with E-state index in [0.717, 1.165) is 36.5 Å². The molecule has 1 fully saturated rings. The Morgan fingerprint density at radius 2 is 2.19 bits per heavy atom. The summed E-state index contributed by atoms with van der Waals surface area (Å²) in [4.78, 5) is 13.9. The van der Waals surface area contributed by atoms with E-state index in [0.29, 0.717) is 0 Å². The fourth-order valence-electron chi connectivity index (χ4n) is 3.07. The smallest absolute Gasteiger partial charge is 0.159 e. The number of hydrogen-bond donors (Lipinski definition) is 0. The zero-order chi connectivity index (χ0) is 15.6. The average Bonchev–Trinajstić information content (AvgIpc) is 2.36. The van der Waals surface area contributed by atoms with Crippen LogP contribution >= 0.6 is 0 Å². The number of ether oxygens (including phenoxy) is 2. The highest BCUT2D eigenvalue weighted by Crippen LogP contribution is 2.26. The molecule has 0 amide bonds. The number of nitrogens with zero attached hydrogens (tertiary/aromatic N) is 1. The van der Waals surface area contributed by atoms with E-state index in [1.54, 1.807) is 14.0 Å². The molecule has 1 saturated heterocycles.